The summed E-state index contributed by atoms with van der Waals surface area (Å²) < 4.78 is 0. The lowest BCUT2D eigenvalue weighted by Crippen LogP contribution is -2.21. The quantitative estimate of drug-likeness (QED) is 0.674. The van der Waals surface area contributed by atoms with E-state index in [1.807, 2.05) is 31.2 Å². The molecule has 1 aliphatic rings. The van der Waals surface area contributed by atoms with Gasteiger partial charge in [0.15, 0.2) is 0 Å². The summed E-state index contributed by atoms with van der Waals surface area (Å²) in [6.45, 7) is 6.09. The van der Waals surface area contributed by atoms with Crippen LogP contribution in [0.5, 0.6) is 0 Å². The van der Waals surface area contributed by atoms with E-state index in [2.05, 4.69) is 48.6 Å². The zero-order chi connectivity index (χ0) is 16.4. The summed E-state index contributed by atoms with van der Waals surface area (Å²) in [5.74, 6) is 0.407. The summed E-state index contributed by atoms with van der Waals surface area (Å²) >= 11 is 0. The van der Waals surface area contributed by atoms with E-state index in [1.165, 1.54) is 16.7 Å². The lowest BCUT2D eigenvalue weighted by atomic mass is 10.0. The van der Waals surface area contributed by atoms with Crippen molar-refractivity contribution in [2.45, 2.75) is 33.1 Å². The standard InChI is InChI=1S/C20H22N2O/c1-13-9-10-17(11-14(13)2)15(3)21-22-20(23)19-12-18(19)16-7-5-4-6-8-16/h4-11,18-19H,12H2,1-3H3,(H,22,23)/b21-15+. The van der Waals surface area contributed by atoms with Gasteiger partial charge in [0.05, 0.1) is 5.71 Å². The van der Waals surface area contributed by atoms with Crippen molar-refractivity contribution in [1.29, 1.82) is 0 Å². The summed E-state index contributed by atoms with van der Waals surface area (Å²) in [4.78, 5) is 12.2. The van der Waals surface area contributed by atoms with Crippen molar-refractivity contribution < 1.29 is 4.79 Å². The minimum atomic E-state index is 0.0158. The lowest BCUT2D eigenvalue weighted by Gasteiger charge is -2.06. The summed E-state index contributed by atoms with van der Waals surface area (Å²) in [5.41, 5.74) is 8.33. The van der Waals surface area contributed by atoms with Gasteiger partial charge < -0.3 is 0 Å². The van der Waals surface area contributed by atoms with Crippen molar-refractivity contribution in [3.8, 4) is 0 Å². The Labute approximate surface area is 137 Å². The van der Waals surface area contributed by atoms with Crippen LogP contribution < -0.4 is 5.43 Å². The molecule has 3 nitrogen and oxygen atoms in total. The molecule has 0 radical (unpaired) electrons. The Balaban J connectivity index is 1.61. The predicted molar refractivity (Wildman–Crippen MR) is 93.6 cm³/mol. The fourth-order valence-corrected chi connectivity index (χ4v) is 2.81. The molecule has 0 heterocycles. The fourth-order valence-electron chi connectivity index (χ4n) is 2.81. The van der Waals surface area contributed by atoms with Crippen LogP contribution in [-0.2, 0) is 4.79 Å². The Morgan fingerprint density at radius 1 is 1.09 bits per heavy atom. The van der Waals surface area contributed by atoms with Crippen molar-refractivity contribution in [3.05, 3.63) is 70.8 Å². The summed E-state index contributed by atoms with van der Waals surface area (Å²) in [6.07, 6.45) is 0.911. The Hall–Kier alpha value is -2.42. The maximum atomic E-state index is 12.2. The molecule has 0 bridgehead atoms. The largest absolute Gasteiger partial charge is 0.273 e. The molecule has 0 aliphatic heterocycles. The third-order valence-electron chi connectivity index (χ3n) is 4.61. The van der Waals surface area contributed by atoms with Gasteiger partial charge in [0, 0.05) is 5.92 Å². The Bertz CT molecular complexity index is 749. The van der Waals surface area contributed by atoms with Gasteiger partial charge in [0.1, 0.15) is 0 Å². The third kappa shape index (κ3) is 3.50. The van der Waals surface area contributed by atoms with E-state index in [0.717, 1.165) is 17.7 Å². The van der Waals surface area contributed by atoms with Crippen LogP contribution in [0.25, 0.3) is 0 Å². The Kier molecular flexibility index (Phi) is 4.28. The van der Waals surface area contributed by atoms with Gasteiger partial charge in [-0.2, -0.15) is 5.10 Å². The molecule has 1 amide bonds. The second kappa shape index (κ2) is 6.37. The number of hydrogen-bond donors (Lipinski definition) is 1. The molecule has 3 rings (SSSR count). The first-order chi connectivity index (χ1) is 11.1. The fraction of sp³-hybridized carbons (Fsp3) is 0.300. The van der Waals surface area contributed by atoms with Gasteiger partial charge in [0.25, 0.3) is 0 Å². The van der Waals surface area contributed by atoms with E-state index in [0.29, 0.717) is 5.92 Å². The van der Waals surface area contributed by atoms with Crippen molar-refractivity contribution in [2.75, 3.05) is 0 Å². The molecule has 3 heteroatoms. The van der Waals surface area contributed by atoms with Crippen molar-refractivity contribution in [2.24, 2.45) is 11.0 Å². The maximum Gasteiger partial charge on any atom is 0.243 e. The molecular formula is C20H22N2O. The Morgan fingerprint density at radius 2 is 1.83 bits per heavy atom. The molecule has 2 aromatic carbocycles. The summed E-state index contributed by atoms with van der Waals surface area (Å²) in [5, 5.41) is 4.27. The third-order valence-corrected chi connectivity index (χ3v) is 4.61. The van der Waals surface area contributed by atoms with Crippen molar-refractivity contribution in [3.63, 3.8) is 0 Å². The molecule has 0 spiro atoms. The first kappa shape index (κ1) is 15.5. The van der Waals surface area contributed by atoms with E-state index in [-0.39, 0.29) is 11.8 Å². The zero-order valence-electron chi connectivity index (χ0n) is 13.8. The minimum absolute atomic E-state index is 0.0158. The molecule has 0 aromatic heterocycles. The maximum absolute atomic E-state index is 12.2. The van der Waals surface area contributed by atoms with E-state index in [1.54, 1.807) is 0 Å². The molecule has 1 saturated carbocycles. The van der Waals surface area contributed by atoms with Crippen LogP contribution in [0.2, 0.25) is 0 Å². The van der Waals surface area contributed by atoms with E-state index in [4.69, 9.17) is 0 Å². The van der Waals surface area contributed by atoms with Crippen LogP contribution in [0.15, 0.2) is 53.6 Å². The molecule has 2 unspecified atom stereocenters. The highest BCUT2D eigenvalue weighted by Crippen LogP contribution is 2.47. The van der Waals surface area contributed by atoms with E-state index in [9.17, 15) is 4.79 Å². The van der Waals surface area contributed by atoms with Crippen LogP contribution in [0.3, 0.4) is 0 Å². The number of amides is 1. The van der Waals surface area contributed by atoms with Crippen molar-refractivity contribution in [1.82, 2.24) is 5.43 Å². The molecule has 2 aromatic rings. The zero-order valence-corrected chi connectivity index (χ0v) is 13.8. The van der Waals surface area contributed by atoms with Gasteiger partial charge >= 0.3 is 0 Å². The number of carbonyl (C=O) groups is 1. The molecule has 0 saturated heterocycles. The highest BCUT2D eigenvalue weighted by atomic mass is 16.2. The van der Waals surface area contributed by atoms with Crippen LogP contribution >= 0.6 is 0 Å². The van der Waals surface area contributed by atoms with Gasteiger partial charge in [-0.05, 0) is 61.4 Å². The highest BCUT2D eigenvalue weighted by molar-refractivity contribution is 5.99. The number of benzene rings is 2. The molecule has 23 heavy (non-hydrogen) atoms. The molecule has 2 atom stereocenters. The van der Waals surface area contributed by atoms with E-state index < -0.39 is 0 Å². The number of nitrogens with one attached hydrogen (secondary N) is 1. The second-order valence-electron chi connectivity index (χ2n) is 6.33. The molecule has 118 valence electrons. The van der Waals surface area contributed by atoms with Crippen molar-refractivity contribution >= 4 is 11.6 Å². The van der Waals surface area contributed by atoms with Gasteiger partial charge in [-0.3, -0.25) is 4.79 Å². The summed E-state index contributed by atoms with van der Waals surface area (Å²) in [7, 11) is 0. The monoisotopic (exact) mass is 306 g/mol. The summed E-state index contributed by atoms with van der Waals surface area (Å²) in [6, 6.07) is 16.4. The normalized spacial score (nSPS) is 20.2. The smallest absolute Gasteiger partial charge is 0.243 e. The number of nitrogens with zero attached hydrogens (tertiary/aromatic N) is 1. The van der Waals surface area contributed by atoms with E-state index >= 15 is 0 Å². The topological polar surface area (TPSA) is 41.5 Å². The minimum Gasteiger partial charge on any atom is -0.273 e. The predicted octanol–water partition coefficient (Wildman–Crippen LogP) is 3.95. The molecule has 1 fully saturated rings. The number of hydrogen-bond acceptors (Lipinski definition) is 2. The van der Waals surface area contributed by atoms with Crippen LogP contribution in [0, 0.1) is 19.8 Å². The average Bonchev–Trinajstić information content (AvgIpc) is 3.36. The van der Waals surface area contributed by atoms with Gasteiger partial charge in [-0.1, -0.05) is 42.5 Å². The average molecular weight is 306 g/mol. The van der Waals surface area contributed by atoms with Gasteiger partial charge in [-0.15, -0.1) is 0 Å². The number of hydrazone groups is 1. The van der Waals surface area contributed by atoms with Crippen LogP contribution in [-0.4, -0.2) is 11.6 Å². The molecular weight excluding hydrogens is 284 g/mol. The van der Waals surface area contributed by atoms with Crippen LogP contribution in [0.1, 0.15) is 41.5 Å². The molecule has 1 aliphatic carbocycles. The molecule has 1 N–H and O–H groups in total. The second-order valence-corrected chi connectivity index (χ2v) is 6.33. The van der Waals surface area contributed by atoms with Gasteiger partial charge in [-0.25, -0.2) is 5.43 Å². The highest BCUT2D eigenvalue weighted by Gasteiger charge is 2.43. The SMILES string of the molecule is C/C(=N\NC(=O)C1CC1c1ccccc1)c1ccc(C)c(C)c1. The first-order valence-corrected chi connectivity index (χ1v) is 8.03. The number of aryl methyl sites for hydroxylation is 2. The first-order valence-electron chi connectivity index (χ1n) is 8.03. The van der Waals surface area contributed by atoms with Crippen LogP contribution in [0.4, 0.5) is 0 Å². The lowest BCUT2D eigenvalue weighted by molar-refractivity contribution is -0.122. The number of carbonyl (C=O) groups excluding carboxylic acids is 1. The van der Waals surface area contributed by atoms with Gasteiger partial charge in [0.2, 0.25) is 5.91 Å². The Morgan fingerprint density at radius 3 is 2.52 bits per heavy atom. The number of rotatable bonds is 4.